The number of hydrogen-bond donors (Lipinski definition) is 1. The number of imidazole rings is 1. The van der Waals surface area contributed by atoms with Crippen LogP contribution in [0.5, 0.6) is 5.75 Å². The van der Waals surface area contributed by atoms with Crippen LogP contribution in [0, 0.1) is 11.3 Å². The highest BCUT2D eigenvalue weighted by Gasteiger charge is 2.36. The van der Waals surface area contributed by atoms with Gasteiger partial charge in [0.1, 0.15) is 11.8 Å². The number of carbonyl (C=O) groups excluding carboxylic acids is 1. The first-order chi connectivity index (χ1) is 22.2. The molecule has 2 aliphatic heterocycles. The monoisotopic (exact) mass is 642 g/mol. The lowest BCUT2D eigenvalue weighted by Gasteiger charge is -2.38. The van der Waals surface area contributed by atoms with Crippen molar-refractivity contribution in [3.63, 3.8) is 0 Å². The topological polar surface area (TPSA) is 130 Å². The van der Waals surface area contributed by atoms with E-state index in [1.165, 1.54) is 54.1 Å². The lowest BCUT2D eigenvalue weighted by atomic mass is 9.98. The highest BCUT2D eigenvalue weighted by Crippen LogP contribution is 2.29. The summed E-state index contributed by atoms with van der Waals surface area (Å²) in [5.74, 6) is 0.168. The average Bonchev–Trinajstić information content (AvgIpc) is 3.38. The van der Waals surface area contributed by atoms with E-state index in [2.05, 4.69) is 23.3 Å². The number of hydrogen-bond acceptors (Lipinski definition) is 8. The number of likely N-dealkylation sites (tertiary alicyclic amines) is 2. The van der Waals surface area contributed by atoms with E-state index in [4.69, 9.17) is 4.74 Å². The van der Waals surface area contributed by atoms with E-state index in [0.717, 1.165) is 42.7 Å². The quantitative estimate of drug-likeness (QED) is 0.310. The van der Waals surface area contributed by atoms with Crippen molar-refractivity contribution in [2.24, 2.45) is 0 Å². The molecule has 2 fully saturated rings. The number of amides is 1. The van der Waals surface area contributed by atoms with Crippen LogP contribution >= 0.6 is 0 Å². The fourth-order valence-electron chi connectivity index (χ4n) is 6.58. The first-order valence-corrected chi connectivity index (χ1v) is 17.0. The van der Waals surface area contributed by atoms with E-state index in [1.807, 2.05) is 6.07 Å². The van der Waals surface area contributed by atoms with Crippen LogP contribution in [0.15, 0.2) is 82.5 Å². The largest absolute Gasteiger partial charge is 0.497 e. The molecule has 1 atom stereocenters. The molecule has 1 amide bonds. The number of benzene rings is 3. The summed E-state index contributed by atoms with van der Waals surface area (Å²) in [6.45, 7) is 3.15. The van der Waals surface area contributed by atoms with Crippen LogP contribution < -0.4 is 15.7 Å². The van der Waals surface area contributed by atoms with Gasteiger partial charge < -0.3 is 19.9 Å². The Labute approximate surface area is 268 Å². The molecule has 2 aliphatic rings. The van der Waals surface area contributed by atoms with E-state index < -0.39 is 21.8 Å². The second-order valence-corrected chi connectivity index (χ2v) is 13.9. The van der Waals surface area contributed by atoms with Crippen molar-refractivity contribution in [1.29, 1.82) is 5.26 Å². The minimum Gasteiger partial charge on any atom is -0.497 e. The van der Waals surface area contributed by atoms with E-state index >= 15 is 0 Å². The second-order valence-electron chi connectivity index (χ2n) is 12.1. The first kappa shape index (κ1) is 31.5. The molecular weight excluding hydrogens is 604 g/mol. The van der Waals surface area contributed by atoms with Gasteiger partial charge in [0.2, 0.25) is 5.91 Å². The summed E-state index contributed by atoms with van der Waals surface area (Å²) in [5.41, 5.74) is 0.156. The molecule has 0 spiro atoms. The van der Waals surface area contributed by atoms with Gasteiger partial charge in [0.15, 0.2) is 0 Å². The molecule has 1 unspecified atom stereocenters. The van der Waals surface area contributed by atoms with Crippen LogP contribution in [0.4, 0.5) is 0 Å². The molecule has 46 heavy (non-hydrogen) atoms. The highest BCUT2D eigenvalue weighted by atomic mass is 32.2. The highest BCUT2D eigenvalue weighted by molar-refractivity contribution is 7.90. The number of methoxy groups -OCH3 is 1. The zero-order valence-corrected chi connectivity index (χ0v) is 26.8. The molecule has 1 N–H and O–H groups in total. The van der Waals surface area contributed by atoms with Crippen molar-refractivity contribution >= 4 is 27.0 Å². The van der Waals surface area contributed by atoms with Gasteiger partial charge in [-0.25, -0.2) is 13.2 Å². The Hall–Kier alpha value is -4.44. The third kappa shape index (κ3) is 6.06. The molecule has 3 aromatic carbocycles. The Balaban J connectivity index is 1.39. The number of nitrogens with zero attached hydrogens (tertiary/aromatic N) is 5. The van der Waals surface area contributed by atoms with Crippen LogP contribution in [-0.2, 0) is 14.8 Å². The van der Waals surface area contributed by atoms with E-state index in [9.17, 15) is 23.3 Å². The standard InChI is InChI=1S/C34H38N6O5S/c1-37-18-14-26(15-19-37)36-27-16-20-38(21-17-27)33(41)32(25-6-4-3-5-7-25)39-31-22-24(23-35)8-13-30(31)40(34(39)42)46(43,44)29-11-9-28(45-2)10-12-29/h3-13,22,26-27,32,36H,14-21H2,1-2H3. The summed E-state index contributed by atoms with van der Waals surface area (Å²) < 4.78 is 35.2. The van der Waals surface area contributed by atoms with Crippen molar-refractivity contribution < 1.29 is 17.9 Å². The second kappa shape index (κ2) is 13.1. The maximum atomic E-state index is 14.5. The fraction of sp³-hybridized carbons (Fsp3) is 0.382. The Bertz CT molecular complexity index is 1910. The van der Waals surface area contributed by atoms with Crippen molar-refractivity contribution in [2.75, 3.05) is 40.3 Å². The molecule has 0 radical (unpaired) electrons. The molecule has 12 heteroatoms. The van der Waals surface area contributed by atoms with Crippen molar-refractivity contribution in [2.45, 2.75) is 48.7 Å². The van der Waals surface area contributed by atoms with Crippen LogP contribution in [0.25, 0.3) is 11.0 Å². The van der Waals surface area contributed by atoms with Gasteiger partial charge in [-0.3, -0.25) is 9.36 Å². The molecule has 4 aromatic rings. The third-order valence-corrected chi connectivity index (χ3v) is 10.9. The molecule has 240 valence electrons. The van der Waals surface area contributed by atoms with Crippen LogP contribution in [-0.4, -0.2) is 85.1 Å². The third-order valence-electron chi connectivity index (χ3n) is 9.16. The number of ether oxygens (including phenoxy) is 1. The molecule has 1 aromatic heterocycles. The van der Waals surface area contributed by atoms with Gasteiger partial charge in [-0.2, -0.15) is 9.23 Å². The Morgan fingerprint density at radius 2 is 1.54 bits per heavy atom. The van der Waals surface area contributed by atoms with Crippen LogP contribution in [0.2, 0.25) is 0 Å². The summed E-state index contributed by atoms with van der Waals surface area (Å²) in [4.78, 5) is 32.9. The summed E-state index contributed by atoms with van der Waals surface area (Å²) >= 11 is 0. The van der Waals surface area contributed by atoms with E-state index in [1.54, 1.807) is 29.2 Å². The number of fused-ring (bicyclic) bond motifs is 1. The Morgan fingerprint density at radius 3 is 2.15 bits per heavy atom. The SMILES string of the molecule is COc1ccc(S(=O)(=O)n2c(=O)n(C(C(=O)N3CCC(NC4CCN(C)CC4)CC3)c3ccccc3)c3cc(C#N)ccc32)cc1. The molecule has 3 heterocycles. The van der Waals surface area contributed by atoms with Crippen molar-refractivity contribution in [3.05, 3.63) is 94.4 Å². The smallest absolute Gasteiger partial charge is 0.344 e. The minimum atomic E-state index is -4.40. The van der Waals surface area contributed by atoms with Crippen molar-refractivity contribution in [3.8, 4) is 11.8 Å². The first-order valence-electron chi connectivity index (χ1n) is 15.6. The van der Waals surface area contributed by atoms with E-state index in [-0.39, 0.29) is 27.4 Å². The van der Waals surface area contributed by atoms with Gasteiger partial charge in [0.05, 0.1) is 34.7 Å². The lowest BCUT2D eigenvalue weighted by Crippen LogP contribution is -2.51. The van der Waals surface area contributed by atoms with E-state index in [0.29, 0.717) is 36.5 Å². The Kier molecular flexibility index (Phi) is 8.99. The van der Waals surface area contributed by atoms with Gasteiger partial charge in [0.25, 0.3) is 10.0 Å². The summed E-state index contributed by atoms with van der Waals surface area (Å²) in [6.07, 6.45) is 3.76. The van der Waals surface area contributed by atoms with Gasteiger partial charge in [0, 0.05) is 25.2 Å². The lowest BCUT2D eigenvalue weighted by molar-refractivity contribution is -0.134. The van der Waals surface area contributed by atoms with Gasteiger partial charge in [-0.1, -0.05) is 30.3 Å². The molecule has 11 nitrogen and oxygen atoms in total. The minimum absolute atomic E-state index is 0.0783. The van der Waals surface area contributed by atoms with Crippen molar-refractivity contribution in [1.82, 2.24) is 23.7 Å². The number of carbonyl (C=O) groups is 1. The van der Waals surface area contributed by atoms with Gasteiger partial charge in [-0.15, -0.1) is 0 Å². The number of aromatic nitrogens is 2. The summed E-state index contributed by atoms with van der Waals surface area (Å²) in [6, 6.07) is 20.7. The van der Waals surface area contributed by atoms with Crippen LogP contribution in [0.3, 0.4) is 0 Å². The van der Waals surface area contributed by atoms with Crippen LogP contribution in [0.1, 0.15) is 42.9 Å². The number of nitrogens with one attached hydrogen (secondary N) is 1. The normalized spacial score (nSPS) is 17.5. The molecule has 0 aliphatic carbocycles. The maximum Gasteiger partial charge on any atom is 0.344 e. The molecular formula is C34H38N6O5S. The number of nitriles is 1. The predicted molar refractivity (Wildman–Crippen MR) is 174 cm³/mol. The molecule has 0 saturated carbocycles. The Morgan fingerprint density at radius 1 is 0.913 bits per heavy atom. The number of rotatable bonds is 8. The zero-order chi connectivity index (χ0) is 32.4. The molecule has 0 bridgehead atoms. The van der Waals surface area contributed by atoms with Gasteiger partial charge in [-0.05, 0) is 93.8 Å². The molecule has 2 saturated heterocycles. The zero-order valence-electron chi connectivity index (χ0n) is 26.0. The fourth-order valence-corrected chi connectivity index (χ4v) is 7.98. The van der Waals surface area contributed by atoms with Gasteiger partial charge >= 0.3 is 5.69 Å². The molecule has 6 rings (SSSR count). The summed E-state index contributed by atoms with van der Waals surface area (Å²) in [7, 11) is -0.786. The summed E-state index contributed by atoms with van der Waals surface area (Å²) in [5, 5.41) is 13.5. The maximum absolute atomic E-state index is 14.5. The predicted octanol–water partition coefficient (Wildman–Crippen LogP) is 3.18. The number of piperidine rings is 2. The average molecular weight is 643 g/mol.